The minimum atomic E-state index is -3.75. The smallest absolute Gasteiger partial charge is 0.261 e. The van der Waals surface area contributed by atoms with Crippen LogP contribution in [0.25, 0.3) is 0 Å². The second kappa shape index (κ2) is 8.15. The fourth-order valence-electron chi connectivity index (χ4n) is 2.17. The average molecular weight is 467 g/mol. The van der Waals surface area contributed by atoms with Crippen molar-refractivity contribution in [2.24, 2.45) is 0 Å². The standard InChI is InChI=1S/C17H15BrN4O3S2/c1-2-15-20-21-17(26-15)19-16(23)11-4-3-5-13(10-11)22-27(24,25)14-8-6-12(18)7-9-14/h3-10,22H,2H2,1H3,(H,19,21,23). The van der Waals surface area contributed by atoms with Crippen molar-refractivity contribution in [1.82, 2.24) is 10.2 Å². The number of anilines is 2. The zero-order chi connectivity index (χ0) is 19.4. The van der Waals surface area contributed by atoms with E-state index in [0.717, 1.165) is 15.9 Å². The van der Waals surface area contributed by atoms with E-state index >= 15 is 0 Å². The Morgan fingerprint density at radius 1 is 1.15 bits per heavy atom. The number of nitrogens with one attached hydrogen (secondary N) is 2. The Kier molecular flexibility index (Phi) is 5.88. The van der Waals surface area contributed by atoms with Crippen molar-refractivity contribution in [3.63, 3.8) is 0 Å². The van der Waals surface area contributed by atoms with E-state index in [9.17, 15) is 13.2 Å². The Balaban J connectivity index is 1.76. The lowest BCUT2D eigenvalue weighted by molar-refractivity contribution is 0.102. The largest absolute Gasteiger partial charge is 0.296 e. The van der Waals surface area contributed by atoms with Crippen LogP contribution < -0.4 is 10.0 Å². The van der Waals surface area contributed by atoms with Crippen molar-refractivity contribution in [2.75, 3.05) is 10.0 Å². The van der Waals surface area contributed by atoms with Crippen LogP contribution in [0.3, 0.4) is 0 Å². The van der Waals surface area contributed by atoms with Gasteiger partial charge in [0.05, 0.1) is 4.90 Å². The van der Waals surface area contributed by atoms with Gasteiger partial charge < -0.3 is 0 Å². The van der Waals surface area contributed by atoms with Crippen LogP contribution in [0.15, 0.2) is 57.9 Å². The summed E-state index contributed by atoms with van der Waals surface area (Å²) in [5.41, 5.74) is 0.594. The fourth-order valence-corrected chi connectivity index (χ4v) is 4.16. The molecule has 10 heteroatoms. The van der Waals surface area contributed by atoms with Crippen LogP contribution >= 0.6 is 27.3 Å². The first-order chi connectivity index (χ1) is 12.9. The number of hydrogen-bond donors (Lipinski definition) is 2. The normalized spacial score (nSPS) is 11.2. The van der Waals surface area contributed by atoms with E-state index < -0.39 is 15.9 Å². The molecule has 7 nitrogen and oxygen atoms in total. The van der Waals surface area contributed by atoms with E-state index in [2.05, 4.69) is 36.2 Å². The zero-order valence-corrected chi connectivity index (χ0v) is 17.4. The van der Waals surface area contributed by atoms with Gasteiger partial charge in [0.15, 0.2) is 0 Å². The number of aryl methyl sites for hydroxylation is 1. The highest BCUT2D eigenvalue weighted by Gasteiger charge is 2.16. The first kappa shape index (κ1) is 19.5. The number of sulfonamides is 1. The van der Waals surface area contributed by atoms with Crippen LogP contribution in [0.5, 0.6) is 0 Å². The molecular weight excluding hydrogens is 452 g/mol. The summed E-state index contributed by atoms with van der Waals surface area (Å²) in [6.07, 6.45) is 0.737. The van der Waals surface area contributed by atoms with Gasteiger partial charge >= 0.3 is 0 Å². The summed E-state index contributed by atoms with van der Waals surface area (Å²) in [7, 11) is -3.75. The molecule has 1 amide bonds. The number of carbonyl (C=O) groups is 1. The molecule has 1 aromatic heterocycles. The summed E-state index contributed by atoms with van der Waals surface area (Å²) in [6.45, 7) is 1.95. The van der Waals surface area contributed by atoms with Gasteiger partial charge in [0.2, 0.25) is 5.13 Å². The zero-order valence-electron chi connectivity index (χ0n) is 14.1. The van der Waals surface area contributed by atoms with Gasteiger partial charge in [-0.15, -0.1) is 10.2 Å². The molecule has 3 rings (SSSR count). The molecule has 140 valence electrons. The second-order valence-corrected chi connectivity index (χ2v) is 9.11. The SMILES string of the molecule is CCc1nnc(NC(=O)c2cccc(NS(=O)(=O)c3ccc(Br)cc3)c2)s1. The molecule has 2 aromatic carbocycles. The quantitative estimate of drug-likeness (QED) is 0.573. The topological polar surface area (TPSA) is 101 Å². The summed E-state index contributed by atoms with van der Waals surface area (Å²) < 4.78 is 28.2. The molecule has 0 aliphatic rings. The predicted octanol–water partition coefficient (Wildman–Crippen LogP) is 3.92. The molecule has 0 aliphatic heterocycles. The van der Waals surface area contributed by atoms with Gasteiger partial charge in [-0.3, -0.25) is 14.8 Å². The van der Waals surface area contributed by atoms with Crippen LogP contribution in [0.4, 0.5) is 10.8 Å². The van der Waals surface area contributed by atoms with Crippen molar-refractivity contribution in [3.05, 3.63) is 63.6 Å². The number of hydrogen-bond acceptors (Lipinski definition) is 6. The monoisotopic (exact) mass is 466 g/mol. The summed E-state index contributed by atoms with van der Waals surface area (Å²) in [4.78, 5) is 12.5. The highest BCUT2D eigenvalue weighted by molar-refractivity contribution is 9.10. The van der Waals surface area contributed by atoms with E-state index in [-0.39, 0.29) is 10.6 Å². The lowest BCUT2D eigenvalue weighted by atomic mass is 10.2. The van der Waals surface area contributed by atoms with Gasteiger partial charge in [-0.25, -0.2) is 8.42 Å². The lowest BCUT2D eigenvalue weighted by Crippen LogP contribution is -2.15. The third-order valence-electron chi connectivity index (χ3n) is 3.49. The molecule has 1 heterocycles. The molecule has 0 unspecified atom stereocenters. The molecule has 0 radical (unpaired) electrons. The molecule has 0 aliphatic carbocycles. The third-order valence-corrected chi connectivity index (χ3v) is 6.40. The lowest BCUT2D eigenvalue weighted by Gasteiger charge is -2.09. The van der Waals surface area contributed by atoms with E-state index in [1.165, 1.54) is 29.5 Å². The van der Waals surface area contributed by atoms with Gasteiger partial charge in [0.1, 0.15) is 5.01 Å². The summed E-state index contributed by atoms with van der Waals surface area (Å²) in [5.74, 6) is -0.390. The Morgan fingerprint density at radius 2 is 1.89 bits per heavy atom. The number of rotatable bonds is 6. The number of aromatic nitrogens is 2. The molecule has 27 heavy (non-hydrogen) atoms. The maximum atomic E-state index is 12.5. The van der Waals surface area contributed by atoms with Gasteiger partial charge in [0, 0.05) is 15.7 Å². The Hall–Kier alpha value is -2.30. The Labute approximate surface area is 169 Å². The molecule has 3 aromatic rings. The predicted molar refractivity (Wildman–Crippen MR) is 109 cm³/mol. The highest BCUT2D eigenvalue weighted by Crippen LogP contribution is 2.21. The maximum absolute atomic E-state index is 12.5. The van der Waals surface area contributed by atoms with Crippen LogP contribution in [-0.4, -0.2) is 24.5 Å². The van der Waals surface area contributed by atoms with E-state index in [0.29, 0.717) is 10.7 Å². The van der Waals surface area contributed by atoms with Crippen molar-refractivity contribution < 1.29 is 13.2 Å². The van der Waals surface area contributed by atoms with Crippen molar-refractivity contribution in [3.8, 4) is 0 Å². The number of nitrogens with zero attached hydrogens (tertiary/aromatic N) is 2. The van der Waals surface area contributed by atoms with E-state index in [1.807, 2.05) is 6.92 Å². The first-order valence-electron chi connectivity index (χ1n) is 7.89. The van der Waals surface area contributed by atoms with Gasteiger partial charge in [0.25, 0.3) is 15.9 Å². The van der Waals surface area contributed by atoms with Gasteiger partial charge in [-0.2, -0.15) is 0 Å². The third kappa shape index (κ3) is 4.90. The molecule has 0 atom stereocenters. The minimum Gasteiger partial charge on any atom is -0.296 e. The van der Waals surface area contributed by atoms with Crippen LogP contribution in [0.2, 0.25) is 0 Å². The molecule has 0 saturated carbocycles. The van der Waals surface area contributed by atoms with Gasteiger partial charge in [-0.05, 0) is 48.9 Å². The van der Waals surface area contributed by atoms with E-state index in [4.69, 9.17) is 0 Å². The number of halogens is 1. The molecule has 0 fully saturated rings. The van der Waals surface area contributed by atoms with Crippen molar-refractivity contribution in [1.29, 1.82) is 0 Å². The first-order valence-corrected chi connectivity index (χ1v) is 11.0. The maximum Gasteiger partial charge on any atom is 0.261 e. The van der Waals surface area contributed by atoms with Crippen molar-refractivity contribution in [2.45, 2.75) is 18.2 Å². The van der Waals surface area contributed by atoms with Crippen molar-refractivity contribution >= 4 is 54.0 Å². The molecule has 0 saturated heterocycles. The number of amides is 1. The number of carbonyl (C=O) groups excluding carboxylic acids is 1. The molecular formula is C17H15BrN4O3S2. The second-order valence-electron chi connectivity index (χ2n) is 5.45. The fraction of sp³-hybridized carbons (Fsp3) is 0.118. The molecule has 0 spiro atoms. The average Bonchev–Trinajstić information content (AvgIpc) is 3.09. The Morgan fingerprint density at radius 3 is 2.56 bits per heavy atom. The summed E-state index contributed by atoms with van der Waals surface area (Å²) in [5, 5.41) is 11.7. The van der Waals surface area contributed by atoms with Crippen LogP contribution in [0.1, 0.15) is 22.3 Å². The van der Waals surface area contributed by atoms with E-state index in [1.54, 1.807) is 30.3 Å². The minimum absolute atomic E-state index is 0.126. The number of benzene rings is 2. The van der Waals surface area contributed by atoms with Gasteiger partial charge in [-0.1, -0.05) is 40.3 Å². The summed E-state index contributed by atoms with van der Waals surface area (Å²) >= 11 is 4.57. The molecule has 2 N–H and O–H groups in total. The Bertz CT molecular complexity index is 1070. The summed E-state index contributed by atoms with van der Waals surface area (Å²) in [6, 6.07) is 12.5. The van der Waals surface area contributed by atoms with Crippen LogP contribution in [-0.2, 0) is 16.4 Å². The highest BCUT2D eigenvalue weighted by atomic mass is 79.9. The molecule has 0 bridgehead atoms. The van der Waals surface area contributed by atoms with Crippen LogP contribution in [0, 0.1) is 0 Å².